The van der Waals surface area contributed by atoms with Gasteiger partial charge in [0.05, 0.1) is 0 Å². The van der Waals surface area contributed by atoms with Crippen molar-refractivity contribution in [2.24, 2.45) is 17.6 Å². The summed E-state index contributed by atoms with van der Waals surface area (Å²) in [4.78, 5) is 2.66. The molecule has 0 radical (unpaired) electrons. The molecule has 0 amide bonds. The van der Waals surface area contributed by atoms with Crippen LogP contribution in [0.1, 0.15) is 39.5 Å². The van der Waals surface area contributed by atoms with Crippen molar-refractivity contribution in [2.45, 2.75) is 51.6 Å². The van der Waals surface area contributed by atoms with Crippen LogP contribution in [0.15, 0.2) is 0 Å². The molecule has 0 bridgehead atoms. The van der Waals surface area contributed by atoms with Crippen molar-refractivity contribution in [3.05, 3.63) is 0 Å². The van der Waals surface area contributed by atoms with E-state index < -0.39 is 0 Å². The van der Waals surface area contributed by atoms with Crippen LogP contribution in [0.25, 0.3) is 0 Å². The van der Waals surface area contributed by atoms with E-state index in [1.807, 2.05) is 0 Å². The zero-order valence-electron chi connectivity index (χ0n) is 9.58. The lowest BCUT2D eigenvalue weighted by molar-refractivity contribution is 0.100. The number of likely N-dealkylation sites (tertiary alicyclic amines) is 1. The van der Waals surface area contributed by atoms with Gasteiger partial charge in [-0.05, 0) is 37.5 Å². The Morgan fingerprint density at radius 2 is 2.07 bits per heavy atom. The normalized spacial score (nSPS) is 37.1. The highest BCUT2D eigenvalue weighted by atomic mass is 15.2. The molecule has 1 saturated carbocycles. The highest BCUT2D eigenvalue weighted by Gasteiger charge is 2.36. The van der Waals surface area contributed by atoms with Crippen LogP contribution in [0.5, 0.6) is 0 Å². The summed E-state index contributed by atoms with van der Waals surface area (Å²) in [5, 5.41) is 0. The van der Waals surface area contributed by atoms with Gasteiger partial charge in [0.25, 0.3) is 0 Å². The fourth-order valence-electron chi connectivity index (χ4n) is 3.08. The van der Waals surface area contributed by atoms with E-state index in [0.29, 0.717) is 6.04 Å². The summed E-state index contributed by atoms with van der Waals surface area (Å²) in [7, 11) is 0. The molecular weight excluding hydrogens is 172 g/mol. The molecule has 2 heteroatoms. The molecule has 2 N–H and O–H groups in total. The molecule has 0 aromatic carbocycles. The van der Waals surface area contributed by atoms with Crippen molar-refractivity contribution < 1.29 is 0 Å². The van der Waals surface area contributed by atoms with Gasteiger partial charge in [-0.1, -0.05) is 13.8 Å². The summed E-state index contributed by atoms with van der Waals surface area (Å²) < 4.78 is 0. The second-order valence-electron chi connectivity index (χ2n) is 5.37. The summed E-state index contributed by atoms with van der Waals surface area (Å²) in [6.45, 7) is 7.08. The predicted octanol–water partition coefficient (Wildman–Crippen LogP) is 1.84. The van der Waals surface area contributed by atoms with Crippen molar-refractivity contribution in [1.29, 1.82) is 0 Å². The SMILES string of the molecule is CCC(C1CC1)N1CC(C)CC(N)C1. The van der Waals surface area contributed by atoms with Gasteiger partial charge in [-0.3, -0.25) is 4.90 Å². The zero-order chi connectivity index (χ0) is 10.1. The van der Waals surface area contributed by atoms with Crippen LogP contribution in [-0.2, 0) is 0 Å². The minimum atomic E-state index is 0.423. The Morgan fingerprint density at radius 3 is 2.57 bits per heavy atom. The molecule has 3 atom stereocenters. The quantitative estimate of drug-likeness (QED) is 0.746. The van der Waals surface area contributed by atoms with Crippen LogP contribution in [0.4, 0.5) is 0 Å². The number of nitrogens with two attached hydrogens (primary N) is 1. The van der Waals surface area contributed by atoms with E-state index in [0.717, 1.165) is 24.4 Å². The maximum Gasteiger partial charge on any atom is 0.0170 e. The molecule has 14 heavy (non-hydrogen) atoms. The van der Waals surface area contributed by atoms with E-state index >= 15 is 0 Å². The number of rotatable bonds is 3. The van der Waals surface area contributed by atoms with Crippen molar-refractivity contribution in [2.75, 3.05) is 13.1 Å². The Bertz CT molecular complexity index is 179. The van der Waals surface area contributed by atoms with Gasteiger partial charge in [0, 0.05) is 25.2 Å². The van der Waals surface area contributed by atoms with Crippen molar-refractivity contribution >= 4 is 0 Å². The predicted molar refractivity (Wildman–Crippen MR) is 60.1 cm³/mol. The molecule has 82 valence electrons. The first kappa shape index (κ1) is 10.4. The van der Waals surface area contributed by atoms with Crippen molar-refractivity contribution in [3.63, 3.8) is 0 Å². The minimum absolute atomic E-state index is 0.423. The Labute approximate surface area is 87.8 Å². The first-order chi connectivity index (χ1) is 6.70. The second kappa shape index (κ2) is 4.19. The number of hydrogen-bond acceptors (Lipinski definition) is 2. The topological polar surface area (TPSA) is 29.3 Å². The van der Waals surface area contributed by atoms with Crippen LogP contribution in [0.2, 0.25) is 0 Å². The van der Waals surface area contributed by atoms with Crippen LogP contribution < -0.4 is 5.73 Å². The van der Waals surface area contributed by atoms with E-state index in [9.17, 15) is 0 Å². The first-order valence-electron chi connectivity index (χ1n) is 6.20. The van der Waals surface area contributed by atoms with Gasteiger partial charge in [0.15, 0.2) is 0 Å². The summed E-state index contributed by atoms with van der Waals surface area (Å²) in [5.41, 5.74) is 6.09. The van der Waals surface area contributed by atoms with E-state index in [2.05, 4.69) is 18.7 Å². The van der Waals surface area contributed by atoms with Gasteiger partial charge < -0.3 is 5.73 Å². The standard InChI is InChI=1S/C12H24N2/c1-3-12(10-4-5-10)14-7-9(2)6-11(13)8-14/h9-12H,3-8,13H2,1-2H3. The van der Waals surface area contributed by atoms with Crippen LogP contribution in [0.3, 0.4) is 0 Å². The molecule has 1 aliphatic heterocycles. The fraction of sp³-hybridized carbons (Fsp3) is 1.00. The van der Waals surface area contributed by atoms with E-state index in [4.69, 9.17) is 5.73 Å². The van der Waals surface area contributed by atoms with Crippen LogP contribution >= 0.6 is 0 Å². The van der Waals surface area contributed by atoms with Gasteiger partial charge in [0.2, 0.25) is 0 Å². The molecular formula is C12H24N2. The third-order valence-electron chi connectivity index (χ3n) is 3.77. The maximum atomic E-state index is 6.09. The van der Waals surface area contributed by atoms with Gasteiger partial charge in [-0.2, -0.15) is 0 Å². The molecule has 1 saturated heterocycles. The first-order valence-corrected chi connectivity index (χ1v) is 6.20. The molecule has 0 aromatic heterocycles. The number of piperidine rings is 1. The molecule has 0 spiro atoms. The van der Waals surface area contributed by atoms with Crippen LogP contribution in [-0.4, -0.2) is 30.1 Å². The fourth-order valence-corrected chi connectivity index (χ4v) is 3.08. The molecule has 3 unspecified atom stereocenters. The number of nitrogens with zero attached hydrogens (tertiary/aromatic N) is 1. The average Bonchev–Trinajstić information content (AvgIpc) is 2.87. The monoisotopic (exact) mass is 196 g/mol. The van der Waals surface area contributed by atoms with Crippen molar-refractivity contribution in [3.8, 4) is 0 Å². The largest absolute Gasteiger partial charge is 0.327 e. The van der Waals surface area contributed by atoms with Crippen LogP contribution in [0, 0.1) is 11.8 Å². The molecule has 2 aliphatic rings. The minimum Gasteiger partial charge on any atom is -0.327 e. The molecule has 1 heterocycles. The summed E-state index contributed by atoms with van der Waals surface area (Å²) in [5.74, 6) is 1.80. The Balaban J connectivity index is 1.93. The average molecular weight is 196 g/mol. The summed E-state index contributed by atoms with van der Waals surface area (Å²) >= 11 is 0. The van der Waals surface area contributed by atoms with E-state index in [1.54, 1.807) is 0 Å². The van der Waals surface area contributed by atoms with Gasteiger partial charge in [0.1, 0.15) is 0 Å². The third-order valence-corrected chi connectivity index (χ3v) is 3.77. The molecule has 2 fully saturated rings. The lowest BCUT2D eigenvalue weighted by Gasteiger charge is -2.40. The van der Waals surface area contributed by atoms with Gasteiger partial charge in [-0.25, -0.2) is 0 Å². The molecule has 1 aliphatic carbocycles. The van der Waals surface area contributed by atoms with E-state index in [-0.39, 0.29) is 0 Å². The zero-order valence-corrected chi connectivity index (χ0v) is 9.58. The lowest BCUT2D eigenvalue weighted by Crippen LogP contribution is -2.51. The van der Waals surface area contributed by atoms with Crippen molar-refractivity contribution in [1.82, 2.24) is 4.90 Å². The molecule has 2 rings (SSSR count). The summed E-state index contributed by atoms with van der Waals surface area (Å²) in [6.07, 6.45) is 5.44. The maximum absolute atomic E-state index is 6.09. The number of hydrogen-bond donors (Lipinski definition) is 1. The second-order valence-corrected chi connectivity index (χ2v) is 5.37. The van der Waals surface area contributed by atoms with Gasteiger partial charge >= 0.3 is 0 Å². The van der Waals surface area contributed by atoms with Gasteiger partial charge in [-0.15, -0.1) is 0 Å². The lowest BCUT2D eigenvalue weighted by atomic mass is 9.93. The Kier molecular flexibility index (Phi) is 3.13. The Hall–Kier alpha value is -0.0800. The van der Waals surface area contributed by atoms with E-state index in [1.165, 1.54) is 32.2 Å². The Morgan fingerprint density at radius 1 is 1.36 bits per heavy atom. The highest BCUT2D eigenvalue weighted by Crippen LogP contribution is 2.38. The highest BCUT2D eigenvalue weighted by molar-refractivity contribution is 4.91. The smallest absolute Gasteiger partial charge is 0.0170 e. The third kappa shape index (κ3) is 2.29. The molecule has 0 aromatic rings. The summed E-state index contributed by atoms with van der Waals surface area (Å²) in [6, 6.07) is 1.26. The molecule has 2 nitrogen and oxygen atoms in total.